The molecule has 3 heterocycles. The smallest absolute Gasteiger partial charge is 0.132 e. The second kappa shape index (κ2) is 7.75. The average Bonchev–Trinajstić information content (AvgIpc) is 2.79. The zero-order chi connectivity index (χ0) is 20.5. The van der Waals surface area contributed by atoms with Crippen LogP contribution in [0.25, 0.3) is 22.2 Å². The van der Waals surface area contributed by atoms with Gasteiger partial charge in [-0.15, -0.1) is 0 Å². The van der Waals surface area contributed by atoms with Crippen LogP contribution in [0.15, 0.2) is 66.7 Å². The van der Waals surface area contributed by atoms with Gasteiger partial charge in [0.25, 0.3) is 0 Å². The Bertz CT molecular complexity index is 1180. The number of hydrogen-bond acceptors (Lipinski definition) is 5. The van der Waals surface area contributed by atoms with Crippen LogP contribution in [0.1, 0.15) is 11.4 Å². The molecule has 1 aliphatic heterocycles. The van der Waals surface area contributed by atoms with E-state index >= 15 is 0 Å². The summed E-state index contributed by atoms with van der Waals surface area (Å²) in [5.74, 6) is 2.86. The minimum Gasteiger partial charge on any atom is -0.353 e. The van der Waals surface area contributed by atoms with Gasteiger partial charge in [-0.1, -0.05) is 48.0 Å². The van der Waals surface area contributed by atoms with Crippen molar-refractivity contribution in [3.63, 3.8) is 0 Å². The number of hydrogen-bond donors (Lipinski definition) is 0. The van der Waals surface area contributed by atoms with E-state index in [1.165, 1.54) is 10.9 Å². The molecule has 5 nitrogen and oxygen atoms in total. The number of pyridine rings is 1. The van der Waals surface area contributed by atoms with Crippen molar-refractivity contribution in [3.8, 4) is 11.3 Å². The predicted molar refractivity (Wildman–Crippen MR) is 123 cm³/mol. The molecule has 0 bridgehead atoms. The molecule has 150 valence electrons. The Labute approximate surface area is 177 Å². The van der Waals surface area contributed by atoms with Gasteiger partial charge in [0.05, 0.1) is 11.2 Å². The Morgan fingerprint density at radius 3 is 2.13 bits per heavy atom. The van der Waals surface area contributed by atoms with Crippen LogP contribution in [-0.4, -0.2) is 41.1 Å². The van der Waals surface area contributed by atoms with Crippen molar-refractivity contribution in [2.75, 3.05) is 36.0 Å². The molecule has 0 amide bonds. The van der Waals surface area contributed by atoms with Crippen LogP contribution in [0.2, 0.25) is 0 Å². The number of nitrogens with zero attached hydrogens (tertiary/aromatic N) is 5. The lowest BCUT2D eigenvalue weighted by molar-refractivity contribution is 0.641. The number of aromatic nitrogens is 3. The van der Waals surface area contributed by atoms with Crippen molar-refractivity contribution in [2.45, 2.75) is 13.8 Å². The highest BCUT2D eigenvalue weighted by atomic mass is 15.3. The maximum atomic E-state index is 4.85. The van der Waals surface area contributed by atoms with Crippen molar-refractivity contribution in [2.24, 2.45) is 0 Å². The maximum absolute atomic E-state index is 4.85. The number of para-hydroxylation sites is 1. The molecule has 2 aromatic carbocycles. The zero-order valence-corrected chi connectivity index (χ0v) is 17.4. The fourth-order valence-electron chi connectivity index (χ4n) is 3.98. The molecule has 5 heteroatoms. The molecule has 2 aromatic heterocycles. The summed E-state index contributed by atoms with van der Waals surface area (Å²) in [5.41, 5.74) is 4.41. The van der Waals surface area contributed by atoms with Crippen LogP contribution in [0.4, 0.5) is 11.6 Å². The summed E-state index contributed by atoms with van der Waals surface area (Å²) in [7, 11) is 0. The fourth-order valence-corrected chi connectivity index (χ4v) is 3.98. The van der Waals surface area contributed by atoms with Crippen molar-refractivity contribution >= 4 is 22.5 Å². The highest BCUT2D eigenvalue weighted by Gasteiger charge is 2.20. The summed E-state index contributed by atoms with van der Waals surface area (Å²) in [6.07, 6.45) is 0. The van der Waals surface area contributed by atoms with Gasteiger partial charge in [-0.2, -0.15) is 0 Å². The highest BCUT2D eigenvalue weighted by molar-refractivity contribution is 5.80. The average molecular weight is 396 g/mol. The third-order valence-corrected chi connectivity index (χ3v) is 5.68. The van der Waals surface area contributed by atoms with E-state index in [4.69, 9.17) is 9.97 Å². The number of fused-ring (bicyclic) bond motifs is 1. The Hall–Kier alpha value is -3.47. The van der Waals surface area contributed by atoms with Crippen LogP contribution in [0.5, 0.6) is 0 Å². The van der Waals surface area contributed by atoms with E-state index in [0.717, 1.165) is 60.4 Å². The second-order valence-corrected chi connectivity index (χ2v) is 7.86. The van der Waals surface area contributed by atoms with E-state index in [9.17, 15) is 0 Å². The Morgan fingerprint density at radius 1 is 0.667 bits per heavy atom. The Morgan fingerprint density at radius 2 is 1.37 bits per heavy atom. The van der Waals surface area contributed by atoms with Gasteiger partial charge >= 0.3 is 0 Å². The van der Waals surface area contributed by atoms with E-state index in [-0.39, 0.29) is 0 Å². The first-order chi connectivity index (χ1) is 14.7. The fraction of sp³-hybridized carbons (Fsp3) is 0.240. The molecule has 5 rings (SSSR count). The van der Waals surface area contributed by atoms with Crippen LogP contribution in [0.3, 0.4) is 0 Å². The van der Waals surface area contributed by atoms with E-state index in [1.54, 1.807) is 0 Å². The third-order valence-electron chi connectivity index (χ3n) is 5.68. The van der Waals surface area contributed by atoms with Gasteiger partial charge in [0, 0.05) is 43.2 Å². The summed E-state index contributed by atoms with van der Waals surface area (Å²) in [6.45, 7) is 7.75. The number of anilines is 2. The standard InChI is InChI=1S/C25H25N5/c1-18-7-9-21(10-8-18)23-17-25(27-19(2)26-23)30-15-13-29(14-16-30)24-12-11-20-5-3-4-6-22(20)28-24/h3-12,17H,13-16H2,1-2H3. The molecule has 4 aromatic rings. The highest BCUT2D eigenvalue weighted by Crippen LogP contribution is 2.25. The van der Waals surface area contributed by atoms with Gasteiger partial charge in [-0.3, -0.25) is 0 Å². The number of piperazine rings is 1. The number of benzene rings is 2. The zero-order valence-electron chi connectivity index (χ0n) is 17.4. The largest absolute Gasteiger partial charge is 0.353 e. The SMILES string of the molecule is Cc1ccc(-c2cc(N3CCN(c4ccc5ccccc5n4)CC3)nc(C)n2)cc1. The molecule has 0 aliphatic carbocycles. The van der Waals surface area contributed by atoms with Crippen LogP contribution < -0.4 is 9.80 Å². The Balaban J connectivity index is 1.34. The van der Waals surface area contributed by atoms with E-state index < -0.39 is 0 Å². The summed E-state index contributed by atoms with van der Waals surface area (Å²) in [6, 6.07) is 23.2. The molecule has 0 unspecified atom stereocenters. The molecular formula is C25H25N5. The second-order valence-electron chi connectivity index (χ2n) is 7.86. The summed E-state index contributed by atoms with van der Waals surface area (Å²) < 4.78 is 0. The first-order valence-corrected chi connectivity index (χ1v) is 10.4. The molecule has 1 fully saturated rings. The van der Waals surface area contributed by atoms with Gasteiger partial charge < -0.3 is 9.80 Å². The predicted octanol–water partition coefficient (Wildman–Crippen LogP) is 4.64. The van der Waals surface area contributed by atoms with E-state index in [2.05, 4.69) is 82.4 Å². The summed E-state index contributed by atoms with van der Waals surface area (Å²) in [4.78, 5) is 18.9. The Kier molecular flexibility index (Phi) is 4.79. The van der Waals surface area contributed by atoms with Crippen LogP contribution in [0, 0.1) is 13.8 Å². The molecule has 0 saturated carbocycles. The minimum absolute atomic E-state index is 0.807. The lowest BCUT2D eigenvalue weighted by Gasteiger charge is -2.36. The van der Waals surface area contributed by atoms with E-state index in [0.29, 0.717) is 0 Å². The topological polar surface area (TPSA) is 45.2 Å². The van der Waals surface area contributed by atoms with Gasteiger partial charge in [0.15, 0.2) is 0 Å². The number of aryl methyl sites for hydroxylation is 2. The monoisotopic (exact) mass is 395 g/mol. The number of rotatable bonds is 3. The lowest BCUT2D eigenvalue weighted by atomic mass is 10.1. The van der Waals surface area contributed by atoms with Gasteiger partial charge in [0.2, 0.25) is 0 Å². The first-order valence-electron chi connectivity index (χ1n) is 10.4. The molecule has 30 heavy (non-hydrogen) atoms. The molecule has 1 aliphatic rings. The van der Waals surface area contributed by atoms with Crippen molar-refractivity contribution in [3.05, 3.63) is 78.1 Å². The van der Waals surface area contributed by atoms with E-state index in [1.807, 2.05) is 13.0 Å². The van der Waals surface area contributed by atoms with Crippen molar-refractivity contribution in [1.82, 2.24) is 15.0 Å². The maximum Gasteiger partial charge on any atom is 0.132 e. The normalized spacial score (nSPS) is 14.3. The quantitative estimate of drug-likeness (QED) is 0.506. The van der Waals surface area contributed by atoms with Crippen LogP contribution >= 0.6 is 0 Å². The minimum atomic E-state index is 0.807. The molecule has 0 N–H and O–H groups in total. The molecular weight excluding hydrogens is 370 g/mol. The van der Waals surface area contributed by atoms with Gasteiger partial charge in [0.1, 0.15) is 17.5 Å². The van der Waals surface area contributed by atoms with Gasteiger partial charge in [-0.05, 0) is 32.0 Å². The summed E-state index contributed by atoms with van der Waals surface area (Å²) in [5, 5.41) is 1.18. The first kappa shape index (κ1) is 18.6. The molecule has 1 saturated heterocycles. The lowest BCUT2D eigenvalue weighted by Crippen LogP contribution is -2.47. The molecule has 0 radical (unpaired) electrons. The third kappa shape index (κ3) is 3.71. The van der Waals surface area contributed by atoms with Crippen LogP contribution in [-0.2, 0) is 0 Å². The van der Waals surface area contributed by atoms with Crippen molar-refractivity contribution in [1.29, 1.82) is 0 Å². The summed E-state index contributed by atoms with van der Waals surface area (Å²) >= 11 is 0. The molecule has 0 spiro atoms. The van der Waals surface area contributed by atoms with Gasteiger partial charge in [-0.25, -0.2) is 15.0 Å². The van der Waals surface area contributed by atoms with Crippen molar-refractivity contribution < 1.29 is 0 Å². The molecule has 0 atom stereocenters.